The van der Waals surface area contributed by atoms with E-state index in [1.165, 1.54) is 4.31 Å². The van der Waals surface area contributed by atoms with E-state index in [-0.39, 0.29) is 6.54 Å². The lowest BCUT2D eigenvalue weighted by atomic mass is 9.99. The number of aryl methyl sites for hydroxylation is 1. The molecule has 1 saturated heterocycles. The van der Waals surface area contributed by atoms with E-state index >= 15 is 0 Å². The highest BCUT2D eigenvalue weighted by atomic mass is 32.2. The summed E-state index contributed by atoms with van der Waals surface area (Å²) in [4.78, 5) is 4.03. The van der Waals surface area contributed by atoms with Gasteiger partial charge >= 0.3 is 0 Å². The van der Waals surface area contributed by atoms with Gasteiger partial charge in [-0.3, -0.25) is 0 Å². The molecule has 20 heavy (non-hydrogen) atoms. The van der Waals surface area contributed by atoms with Crippen LogP contribution in [0.4, 0.5) is 0 Å². The van der Waals surface area contributed by atoms with Crippen molar-refractivity contribution in [2.45, 2.75) is 32.7 Å². The number of nitrogens with zero attached hydrogens (tertiary/aromatic N) is 2. The minimum Gasteiger partial charge on any atom is -0.444 e. The Balaban J connectivity index is 1.88. The second-order valence-corrected chi connectivity index (χ2v) is 6.73. The Morgan fingerprint density at radius 3 is 2.75 bits per heavy atom. The zero-order valence-electron chi connectivity index (χ0n) is 11.7. The molecule has 0 spiro atoms. The van der Waals surface area contributed by atoms with Gasteiger partial charge in [-0.2, -0.15) is 17.4 Å². The van der Waals surface area contributed by atoms with Gasteiger partial charge < -0.3 is 10.2 Å². The van der Waals surface area contributed by atoms with Crippen LogP contribution in [0.3, 0.4) is 0 Å². The van der Waals surface area contributed by atoms with Gasteiger partial charge in [0.25, 0.3) is 10.2 Å². The van der Waals surface area contributed by atoms with Gasteiger partial charge in [-0.1, -0.05) is 6.92 Å². The van der Waals surface area contributed by atoms with Crippen molar-refractivity contribution in [3.05, 3.63) is 17.8 Å². The zero-order chi connectivity index (χ0) is 14.6. The minimum absolute atomic E-state index is 0.0825. The number of aromatic nitrogens is 1. The molecule has 114 valence electrons. The number of nitrogens with one attached hydrogen (secondary N) is 1. The normalized spacial score (nSPS) is 18.5. The molecule has 1 aliphatic rings. The van der Waals surface area contributed by atoms with Crippen molar-refractivity contribution < 1.29 is 12.8 Å². The fourth-order valence-electron chi connectivity index (χ4n) is 2.22. The monoisotopic (exact) mass is 302 g/mol. The maximum absolute atomic E-state index is 12.1. The van der Waals surface area contributed by atoms with Crippen molar-refractivity contribution in [3.63, 3.8) is 0 Å². The lowest BCUT2D eigenvalue weighted by Gasteiger charge is -2.30. The van der Waals surface area contributed by atoms with E-state index in [9.17, 15) is 8.42 Å². The molecule has 1 aromatic rings. The molecule has 1 fully saturated rings. The highest BCUT2D eigenvalue weighted by Crippen LogP contribution is 2.18. The van der Waals surface area contributed by atoms with Crippen molar-refractivity contribution in [1.29, 1.82) is 0 Å². The van der Waals surface area contributed by atoms with Gasteiger partial charge in [0.05, 0.1) is 12.7 Å². The molecule has 0 aliphatic carbocycles. The summed E-state index contributed by atoms with van der Waals surface area (Å²) in [6.07, 6.45) is 4.00. The standard InChI is InChI=1S/C12H22N4O3S/c1-2-11-8-14-12(19-11)9-15-20(17,18)16-5-3-10(7-13)4-6-16/h8,10,15H,2-7,9,13H2,1H3. The molecule has 0 atom stereocenters. The lowest BCUT2D eigenvalue weighted by molar-refractivity contribution is 0.275. The van der Waals surface area contributed by atoms with Crippen LogP contribution in [0.5, 0.6) is 0 Å². The van der Waals surface area contributed by atoms with Crippen molar-refractivity contribution in [1.82, 2.24) is 14.0 Å². The fourth-order valence-corrected chi connectivity index (χ4v) is 3.40. The topological polar surface area (TPSA) is 101 Å². The van der Waals surface area contributed by atoms with E-state index in [0.717, 1.165) is 25.0 Å². The molecular formula is C12H22N4O3S. The number of hydrogen-bond acceptors (Lipinski definition) is 5. The first kappa shape index (κ1) is 15.4. The van der Waals surface area contributed by atoms with E-state index in [2.05, 4.69) is 9.71 Å². The fraction of sp³-hybridized carbons (Fsp3) is 0.750. The highest BCUT2D eigenvalue weighted by molar-refractivity contribution is 7.87. The Labute approximate surface area is 119 Å². The van der Waals surface area contributed by atoms with Crippen LogP contribution in [0.1, 0.15) is 31.4 Å². The summed E-state index contributed by atoms with van der Waals surface area (Å²) in [6.45, 7) is 3.69. The third-order valence-electron chi connectivity index (χ3n) is 3.60. The molecule has 2 rings (SSSR count). The van der Waals surface area contributed by atoms with Crippen LogP contribution < -0.4 is 10.5 Å². The summed E-state index contributed by atoms with van der Waals surface area (Å²) < 4.78 is 33.7. The molecule has 1 aromatic heterocycles. The average molecular weight is 302 g/mol. The van der Waals surface area contributed by atoms with Crippen LogP contribution in [0.2, 0.25) is 0 Å². The first-order valence-electron chi connectivity index (χ1n) is 6.93. The molecule has 0 bridgehead atoms. The highest BCUT2D eigenvalue weighted by Gasteiger charge is 2.27. The van der Waals surface area contributed by atoms with Crippen LogP contribution in [0.15, 0.2) is 10.6 Å². The molecule has 1 aliphatic heterocycles. The third kappa shape index (κ3) is 3.78. The van der Waals surface area contributed by atoms with Gasteiger partial charge in [-0.15, -0.1) is 0 Å². The van der Waals surface area contributed by atoms with Crippen LogP contribution in [-0.4, -0.2) is 37.3 Å². The summed E-state index contributed by atoms with van der Waals surface area (Å²) in [7, 11) is -3.47. The molecular weight excluding hydrogens is 280 g/mol. The molecule has 0 amide bonds. The lowest BCUT2D eigenvalue weighted by Crippen LogP contribution is -2.45. The van der Waals surface area contributed by atoms with Gasteiger partial charge in [0.2, 0.25) is 5.89 Å². The Hall–Kier alpha value is -0.960. The largest absolute Gasteiger partial charge is 0.444 e. The van der Waals surface area contributed by atoms with Gasteiger partial charge in [0.15, 0.2) is 0 Å². The number of hydrogen-bond donors (Lipinski definition) is 2. The summed E-state index contributed by atoms with van der Waals surface area (Å²) >= 11 is 0. The zero-order valence-corrected chi connectivity index (χ0v) is 12.5. The van der Waals surface area contributed by atoms with E-state index < -0.39 is 10.2 Å². The maximum atomic E-state index is 12.1. The van der Waals surface area contributed by atoms with Gasteiger partial charge in [-0.05, 0) is 25.3 Å². The first-order valence-corrected chi connectivity index (χ1v) is 8.37. The maximum Gasteiger partial charge on any atom is 0.279 e. The molecule has 8 heteroatoms. The van der Waals surface area contributed by atoms with Gasteiger partial charge in [0.1, 0.15) is 5.76 Å². The van der Waals surface area contributed by atoms with Gasteiger partial charge in [-0.25, -0.2) is 4.98 Å². The minimum atomic E-state index is -3.47. The Kier molecular flexibility index (Phi) is 5.14. The second-order valence-electron chi connectivity index (χ2n) is 4.98. The predicted molar refractivity (Wildman–Crippen MR) is 75.0 cm³/mol. The van der Waals surface area contributed by atoms with Crippen molar-refractivity contribution in [2.24, 2.45) is 11.7 Å². The molecule has 0 radical (unpaired) electrons. The second kappa shape index (κ2) is 6.66. The van der Waals surface area contributed by atoms with Crippen LogP contribution >= 0.6 is 0 Å². The number of piperidine rings is 1. The van der Waals surface area contributed by atoms with Crippen molar-refractivity contribution in [3.8, 4) is 0 Å². The van der Waals surface area contributed by atoms with E-state index in [4.69, 9.17) is 10.2 Å². The molecule has 0 unspecified atom stereocenters. The molecule has 0 aromatic carbocycles. The van der Waals surface area contributed by atoms with Crippen LogP contribution in [0.25, 0.3) is 0 Å². The summed E-state index contributed by atoms with van der Waals surface area (Å²) in [5.74, 6) is 1.57. The van der Waals surface area contributed by atoms with Crippen LogP contribution in [0, 0.1) is 5.92 Å². The number of rotatable bonds is 6. The smallest absolute Gasteiger partial charge is 0.279 e. The van der Waals surface area contributed by atoms with Crippen LogP contribution in [-0.2, 0) is 23.2 Å². The Bertz CT molecular complexity index is 521. The molecule has 0 saturated carbocycles. The average Bonchev–Trinajstić information content (AvgIpc) is 2.93. The van der Waals surface area contributed by atoms with Crippen molar-refractivity contribution in [2.75, 3.05) is 19.6 Å². The summed E-state index contributed by atoms with van der Waals surface area (Å²) in [5.41, 5.74) is 5.60. The number of oxazole rings is 1. The Morgan fingerprint density at radius 1 is 1.50 bits per heavy atom. The van der Waals surface area contributed by atoms with Gasteiger partial charge in [0, 0.05) is 19.5 Å². The Morgan fingerprint density at radius 2 is 2.20 bits per heavy atom. The quantitative estimate of drug-likeness (QED) is 0.784. The third-order valence-corrected chi connectivity index (χ3v) is 5.16. The van der Waals surface area contributed by atoms with E-state index in [1.54, 1.807) is 6.20 Å². The first-order chi connectivity index (χ1) is 9.55. The summed E-state index contributed by atoms with van der Waals surface area (Å²) in [5, 5.41) is 0. The molecule has 2 heterocycles. The van der Waals surface area contributed by atoms with E-state index in [1.807, 2.05) is 6.92 Å². The van der Waals surface area contributed by atoms with E-state index in [0.29, 0.717) is 31.4 Å². The SMILES string of the molecule is CCc1cnc(CNS(=O)(=O)N2CCC(CN)CC2)o1. The van der Waals surface area contributed by atoms with Crippen molar-refractivity contribution >= 4 is 10.2 Å². The molecule has 3 N–H and O–H groups in total. The molecule has 7 nitrogen and oxygen atoms in total. The predicted octanol–water partition coefficient (Wildman–Crippen LogP) is 0.242. The summed E-state index contributed by atoms with van der Waals surface area (Å²) in [6, 6.07) is 0. The number of nitrogens with two attached hydrogens (primary N) is 1.